The number of nitrogens with zero attached hydrogens (tertiary/aromatic N) is 6. The molecule has 136 valence electrons. The maximum absolute atomic E-state index is 12.9. The number of aromatic nitrogens is 5. The zero-order chi connectivity index (χ0) is 18.4. The summed E-state index contributed by atoms with van der Waals surface area (Å²) in [4.78, 5) is 23.7. The molecule has 0 unspecified atom stereocenters. The van der Waals surface area contributed by atoms with Crippen LogP contribution in [-0.4, -0.2) is 42.1 Å². The lowest BCUT2D eigenvalue weighted by Crippen LogP contribution is -2.32. The van der Waals surface area contributed by atoms with Crippen molar-refractivity contribution in [2.24, 2.45) is 0 Å². The average Bonchev–Trinajstić information content (AvgIpc) is 3.26. The minimum atomic E-state index is 0.0212. The molecule has 0 spiro atoms. The molecule has 3 aromatic rings. The van der Waals surface area contributed by atoms with Crippen LogP contribution in [0, 0.1) is 27.7 Å². The maximum Gasteiger partial charge on any atom is 0.252 e. The van der Waals surface area contributed by atoms with Crippen LogP contribution in [0.4, 0.5) is 0 Å². The molecule has 4 heterocycles. The first-order valence-corrected chi connectivity index (χ1v) is 8.86. The third-order valence-corrected chi connectivity index (χ3v) is 4.97. The van der Waals surface area contributed by atoms with Gasteiger partial charge in [-0.2, -0.15) is 4.98 Å². The number of amides is 1. The molecular formula is C18H22N6O2. The SMILES string of the molecule is Cc1cc(C)n2nc(CC(=O)N3CCC[C@H]3c3c(C)noc3C)nc2n1. The van der Waals surface area contributed by atoms with E-state index in [4.69, 9.17) is 4.52 Å². The van der Waals surface area contributed by atoms with Gasteiger partial charge in [0.15, 0.2) is 5.82 Å². The van der Waals surface area contributed by atoms with Gasteiger partial charge in [0.05, 0.1) is 18.2 Å². The van der Waals surface area contributed by atoms with E-state index < -0.39 is 0 Å². The van der Waals surface area contributed by atoms with E-state index in [1.165, 1.54) is 0 Å². The molecule has 0 bridgehead atoms. The van der Waals surface area contributed by atoms with Gasteiger partial charge in [0, 0.05) is 23.5 Å². The second-order valence-corrected chi connectivity index (χ2v) is 6.94. The largest absolute Gasteiger partial charge is 0.361 e. The van der Waals surface area contributed by atoms with E-state index in [2.05, 4.69) is 20.2 Å². The fraction of sp³-hybridized carbons (Fsp3) is 0.500. The van der Waals surface area contributed by atoms with Crippen molar-refractivity contribution in [2.45, 2.75) is 53.0 Å². The molecule has 0 radical (unpaired) electrons. The average molecular weight is 354 g/mol. The molecule has 26 heavy (non-hydrogen) atoms. The summed E-state index contributed by atoms with van der Waals surface area (Å²) < 4.78 is 6.98. The molecular weight excluding hydrogens is 332 g/mol. The molecule has 8 heteroatoms. The number of fused-ring (bicyclic) bond motifs is 1. The zero-order valence-electron chi connectivity index (χ0n) is 15.5. The van der Waals surface area contributed by atoms with Crippen molar-refractivity contribution < 1.29 is 9.32 Å². The van der Waals surface area contributed by atoms with Gasteiger partial charge in [-0.25, -0.2) is 9.50 Å². The summed E-state index contributed by atoms with van der Waals surface area (Å²) in [5.74, 6) is 1.85. The molecule has 1 fully saturated rings. The topological polar surface area (TPSA) is 89.4 Å². The predicted octanol–water partition coefficient (Wildman–Crippen LogP) is 2.25. The third kappa shape index (κ3) is 2.75. The molecule has 3 aromatic heterocycles. The Kier molecular flexibility index (Phi) is 3.97. The number of hydrogen-bond acceptors (Lipinski definition) is 6. The van der Waals surface area contributed by atoms with Gasteiger partial charge in [0.1, 0.15) is 5.76 Å². The highest BCUT2D eigenvalue weighted by Gasteiger charge is 2.34. The third-order valence-electron chi connectivity index (χ3n) is 4.97. The van der Waals surface area contributed by atoms with Gasteiger partial charge in [0.2, 0.25) is 5.91 Å². The molecule has 8 nitrogen and oxygen atoms in total. The van der Waals surface area contributed by atoms with Gasteiger partial charge in [-0.05, 0) is 46.6 Å². The van der Waals surface area contributed by atoms with Crippen LogP contribution in [0.5, 0.6) is 0 Å². The Balaban J connectivity index is 1.59. The highest BCUT2D eigenvalue weighted by Crippen LogP contribution is 2.35. The summed E-state index contributed by atoms with van der Waals surface area (Å²) in [6.07, 6.45) is 2.06. The lowest BCUT2D eigenvalue weighted by Gasteiger charge is -2.24. The van der Waals surface area contributed by atoms with E-state index in [-0.39, 0.29) is 18.4 Å². The summed E-state index contributed by atoms with van der Waals surface area (Å²) in [5, 5.41) is 8.49. The number of aryl methyl sites for hydroxylation is 4. The van der Waals surface area contributed by atoms with E-state index in [1.807, 2.05) is 38.7 Å². The van der Waals surface area contributed by atoms with E-state index in [9.17, 15) is 4.79 Å². The van der Waals surface area contributed by atoms with Crippen LogP contribution in [0.15, 0.2) is 10.6 Å². The summed E-state index contributed by atoms with van der Waals surface area (Å²) in [6, 6.07) is 1.97. The van der Waals surface area contributed by atoms with E-state index >= 15 is 0 Å². The van der Waals surface area contributed by atoms with Gasteiger partial charge in [-0.1, -0.05) is 5.16 Å². The van der Waals surface area contributed by atoms with Crippen LogP contribution < -0.4 is 0 Å². The fourth-order valence-corrected chi connectivity index (χ4v) is 3.85. The van der Waals surface area contributed by atoms with Crippen molar-refractivity contribution in [3.63, 3.8) is 0 Å². The van der Waals surface area contributed by atoms with Crippen molar-refractivity contribution in [2.75, 3.05) is 6.54 Å². The Labute approximate surface area is 151 Å². The van der Waals surface area contributed by atoms with E-state index in [1.54, 1.807) is 4.52 Å². The van der Waals surface area contributed by atoms with E-state index in [0.29, 0.717) is 11.6 Å². The molecule has 1 aliphatic heterocycles. The zero-order valence-corrected chi connectivity index (χ0v) is 15.5. The molecule has 1 saturated heterocycles. The predicted molar refractivity (Wildman–Crippen MR) is 93.6 cm³/mol. The molecule has 1 amide bonds. The van der Waals surface area contributed by atoms with Gasteiger partial charge >= 0.3 is 0 Å². The molecule has 0 saturated carbocycles. The lowest BCUT2D eigenvalue weighted by molar-refractivity contribution is -0.131. The second-order valence-electron chi connectivity index (χ2n) is 6.94. The molecule has 4 rings (SSSR count). The highest BCUT2D eigenvalue weighted by molar-refractivity contribution is 5.79. The minimum Gasteiger partial charge on any atom is -0.361 e. The van der Waals surface area contributed by atoms with Crippen LogP contribution in [0.1, 0.15) is 53.1 Å². The van der Waals surface area contributed by atoms with Crippen molar-refractivity contribution in [3.05, 3.63) is 40.3 Å². The molecule has 1 aliphatic rings. The van der Waals surface area contributed by atoms with Crippen LogP contribution in [0.2, 0.25) is 0 Å². The van der Waals surface area contributed by atoms with Crippen molar-refractivity contribution in [1.29, 1.82) is 0 Å². The number of carbonyl (C=O) groups is 1. The first-order chi connectivity index (χ1) is 12.4. The molecule has 1 atom stereocenters. The monoisotopic (exact) mass is 354 g/mol. The van der Waals surface area contributed by atoms with Crippen LogP contribution in [0.25, 0.3) is 5.78 Å². The summed E-state index contributed by atoms with van der Waals surface area (Å²) in [5.41, 5.74) is 3.73. The Morgan fingerprint density at radius 3 is 2.81 bits per heavy atom. The minimum absolute atomic E-state index is 0.0212. The normalized spacial score (nSPS) is 17.4. The van der Waals surface area contributed by atoms with Crippen LogP contribution in [-0.2, 0) is 11.2 Å². The Morgan fingerprint density at radius 2 is 2.08 bits per heavy atom. The number of likely N-dealkylation sites (tertiary alicyclic amines) is 1. The maximum atomic E-state index is 12.9. The quantitative estimate of drug-likeness (QED) is 0.717. The number of carbonyl (C=O) groups excluding carboxylic acids is 1. The van der Waals surface area contributed by atoms with E-state index in [0.717, 1.165) is 47.8 Å². The standard InChI is InChI=1S/C18H22N6O2/c1-10-8-11(2)24-18(19-10)20-15(21-24)9-16(25)23-7-5-6-14(23)17-12(3)22-26-13(17)4/h8,14H,5-7,9H2,1-4H3/t14-/m0/s1. The lowest BCUT2D eigenvalue weighted by atomic mass is 10.0. The molecule has 0 aliphatic carbocycles. The fourth-order valence-electron chi connectivity index (χ4n) is 3.85. The summed E-state index contributed by atoms with van der Waals surface area (Å²) >= 11 is 0. The Morgan fingerprint density at radius 1 is 1.27 bits per heavy atom. The van der Waals surface area contributed by atoms with Crippen LogP contribution in [0.3, 0.4) is 0 Å². The first kappa shape index (κ1) is 16.7. The van der Waals surface area contributed by atoms with Gasteiger partial charge in [-0.3, -0.25) is 4.79 Å². The van der Waals surface area contributed by atoms with Gasteiger partial charge in [0.25, 0.3) is 5.78 Å². The number of rotatable bonds is 3. The Hall–Kier alpha value is -2.77. The number of hydrogen-bond donors (Lipinski definition) is 0. The summed E-state index contributed by atoms with van der Waals surface area (Å²) in [7, 11) is 0. The van der Waals surface area contributed by atoms with Crippen molar-refractivity contribution in [3.8, 4) is 0 Å². The summed E-state index contributed by atoms with van der Waals surface area (Å²) in [6.45, 7) is 8.43. The second kappa shape index (κ2) is 6.19. The first-order valence-electron chi connectivity index (χ1n) is 8.86. The highest BCUT2D eigenvalue weighted by atomic mass is 16.5. The van der Waals surface area contributed by atoms with Crippen LogP contribution >= 0.6 is 0 Å². The van der Waals surface area contributed by atoms with Gasteiger partial charge < -0.3 is 9.42 Å². The Bertz CT molecular complexity index is 970. The van der Waals surface area contributed by atoms with Crippen molar-refractivity contribution >= 4 is 11.7 Å². The smallest absolute Gasteiger partial charge is 0.252 e. The van der Waals surface area contributed by atoms with Gasteiger partial charge in [-0.15, -0.1) is 5.10 Å². The van der Waals surface area contributed by atoms with Crippen molar-refractivity contribution in [1.82, 2.24) is 29.6 Å². The molecule has 0 N–H and O–H groups in total. The molecule has 0 aromatic carbocycles.